The predicted molar refractivity (Wildman–Crippen MR) is 68.2 cm³/mol. The number of rotatable bonds is 1. The van der Waals surface area contributed by atoms with Crippen molar-refractivity contribution in [2.75, 3.05) is 6.54 Å². The zero-order chi connectivity index (χ0) is 11.7. The molecule has 17 heavy (non-hydrogen) atoms. The first-order valence-corrected chi connectivity index (χ1v) is 6.11. The lowest BCUT2D eigenvalue weighted by Crippen LogP contribution is -2.27. The summed E-state index contributed by atoms with van der Waals surface area (Å²) in [6, 6.07) is 6.32. The van der Waals surface area contributed by atoms with Gasteiger partial charge in [-0.3, -0.25) is 4.98 Å². The zero-order valence-corrected chi connectivity index (χ0v) is 9.94. The van der Waals surface area contributed by atoms with Crippen molar-refractivity contribution in [3.63, 3.8) is 0 Å². The highest BCUT2D eigenvalue weighted by atomic mass is 16.5. The van der Waals surface area contributed by atoms with Crippen molar-refractivity contribution in [2.45, 2.75) is 26.0 Å². The van der Waals surface area contributed by atoms with Crippen LogP contribution in [-0.4, -0.2) is 17.6 Å². The molecule has 3 rings (SSSR count). The van der Waals surface area contributed by atoms with Gasteiger partial charge in [0.2, 0.25) is 0 Å². The average Bonchev–Trinajstić information content (AvgIpc) is 2.57. The quantitative estimate of drug-likeness (QED) is 0.814. The molecular weight excluding hydrogens is 212 g/mol. The third-order valence-electron chi connectivity index (χ3n) is 3.26. The van der Waals surface area contributed by atoms with Crippen molar-refractivity contribution < 1.29 is 4.74 Å². The van der Waals surface area contributed by atoms with Crippen LogP contribution in [0.2, 0.25) is 0 Å². The van der Waals surface area contributed by atoms with Gasteiger partial charge in [0, 0.05) is 36.4 Å². The standard InChI is InChI=1S/C14H16N2O/c1-2-13-9-16-8-12-5-11-7-15-4-3-10(11)6-14(12)17-13/h3-7,13,16H,2,8-9H2,1H3/t13-/m1/s1. The highest BCUT2D eigenvalue weighted by Crippen LogP contribution is 2.28. The van der Waals surface area contributed by atoms with Gasteiger partial charge in [-0.2, -0.15) is 0 Å². The lowest BCUT2D eigenvalue weighted by atomic mass is 10.1. The summed E-state index contributed by atoms with van der Waals surface area (Å²) in [6.07, 6.45) is 5.02. The highest BCUT2D eigenvalue weighted by molar-refractivity contribution is 5.84. The molecule has 0 unspecified atom stereocenters. The molecule has 0 spiro atoms. The van der Waals surface area contributed by atoms with E-state index in [4.69, 9.17) is 4.74 Å². The molecule has 3 heteroatoms. The fraction of sp³-hybridized carbons (Fsp3) is 0.357. The molecule has 0 amide bonds. The minimum Gasteiger partial charge on any atom is -0.489 e. The molecule has 88 valence electrons. The van der Waals surface area contributed by atoms with Crippen LogP contribution >= 0.6 is 0 Å². The molecule has 0 saturated heterocycles. The van der Waals surface area contributed by atoms with Crippen LogP contribution in [0.3, 0.4) is 0 Å². The lowest BCUT2D eigenvalue weighted by molar-refractivity contribution is 0.202. The topological polar surface area (TPSA) is 34.2 Å². The molecule has 1 aromatic carbocycles. The van der Waals surface area contributed by atoms with E-state index in [-0.39, 0.29) is 6.10 Å². The minimum absolute atomic E-state index is 0.274. The Bertz CT molecular complexity index is 539. The van der Waals surface area contributed by atoms with Gasteiger partial charge in [-0.15, -0.1) is 0 Å². The van der Waals surface area contributed by atoms with Crippen LogP contribution < -0.4 is 10.1 Å². The lowest BCUT2D eigenvalue weighted by Gasteiger charge is -2.15. The van der Waals surface area contributed by atoms with E-state index in [1.54, 1.807) is 0 Å². The summed E-state index contributed by atoms with van der Waals surface area (Å²) in [7, 11) is 0. The third kappa shape index (κ3) is 1.98. The van der Waals surface area contributed by atoms with E-state index < -0.39 is 0 Å². The van der Waals surface area contributed by atoms with Gasteiger partial charge in [0.25, 0.3) is 0 Å². The maximum Gasteiger partial charge on any atom is 0.124 e. The Labute approximate surface area is 101 Å². The SMILES string of the molecule is CC[C@@H]1CNCc2cc3cnccc3cc2O1. The van der Waals surface area contributed by atoms with Gasteiger partial charge in [-0.25, -0.2) is 0 Å². The van der Waals surface area contributed by atoms with E-state index in [1.165, 1.54) is 16.3 Å². The van der Waals surface area contributed by atoms with Gasteiger partial charge >= 0.3 is 0 Å². The Kier molecular flexibility index (Phi) is 2.69. The monoisotopic (exact) mass is 228 g/mol. The number of hydrogen-bond acceptors (Lipinski definition) is 3. The minimum atomic E-state index is 0.274. The molecule has 0 saturated carbocycles. The molecule has 1 N–H and O–H groups in total. The second-order valence-electron chi connectivity index (χ2n) is 4.46. The van der Waals surface area contributed by atoms with Gasteiger partial charge in [0.1, 0.15) is 11.9 Å². The summed E-state index contributed by atoms with van der Waals surface area (Å²) < 4.78 is 6.03. The highest BCUT2D eigenvalue weighted by Gasteiger charge is 2.16. The first-order chi connectivity index (χ1) is 8.36. The van der Waals surface area contributed by atoms with Crippen LogP contribution in [-0.2, 0) is 6.54 Å². The Morgan fingerprint density at radius 3 is 3.24 bits per heavy atom. The van der Waals surface area contributed by atoms with Gasteiger partial charge in [-0.05, 0) is 30.0 Å². The van der Waals surface area contributed by atoms with E-state index >= 15 is 0 Å². The molecule has 0 radical (unpaired) electrons. The van der Waals surface area contributed by atoms with Crippen molar-refractivity contribution in [1.29, 1.82) is 0 Å². The molecule has 0 aliphatic carbocycles. The largest absolute Gasteiger partial charge is 0.489 e. The van der Waals surface area contributed by atoms with Crippen LogP contribution in [0.1, 0.15) is 18.9 Å². The number of fused-ring (bicyclic) bond motifs is 2. The number of hydrogen-bond donors (Lipinski definition) is 1. The van der Waals surface area contributed by atoms with Crippen LogP contribution in [0, 0.1) is 0 Å². The van der Waals surface area contributed by atoms with Crippen LogP contribution in [0.25, 0.3) is 10.8 Å². The Morgan fingerprint density at radius 2 is 2.35 bits per heavy atom. The molecule has 1 atom stereocenters. The number of ether oxygens (including phenoxy) is 1. The maximum atomic E-state index is 6.03. The predicted octanol–water partition coefficient (Wildman–Crippen LogP) is 2.50. The number of nitrogens with one attached hydrogen (secondary N) is 1. The molecular formula is C14H16N2O. The fourth-order valence-corrected chi connectivity index (χ4v) is 2.23. The smallest absolute Gasteiger partial charge is 0.124 e. The Balaban J connectivity index is 2.09. The summed E-state index contributed by atoms with van der Waals surface area (Å²) in [4.78, 5) is 4.16. The third-order valence-corrected chi connectivity index (χ3v) is 3.26. The number of pyridine rings is 1. The maximum absolute atomic E-state index is 6.03. The Hall–Kier alpha value is -1.61. The number of benzene rings is 1. The van der Waals surface area contributed by atoms with Crippen molar-refractivity contribution in [2.24, 2.45) is 0 Å². The summed E-state index contributed by atoms with van der Waals surface area (Å²) >= 11 is 0. The average molecular weight is 228 g/mol. The van der Waals surface area contributed by atoms with Crippen LogP contribution in [0.15, 0.2) is 30.6 Å². The first-order valence-electron chi connectivity index (χ1n) is 6.11. The molecule has 1 aliphatic rings. The molecule has 0 bridgehead atoms. The molecule has 1 aromatic heterocycles. The molecule has 3 nitrogen and oxygen atoms in total. The second-order valence-corrected chi connectivity index (χ2v) is 4.46. The van der Waals surface area contributed by atoms with Crippen LogP contribution in [0.4, 0.5) is 0 Å². The molecule has 1 aliphatic heterocycles. The van der Waals surface area contributed by atoms with Crippen molar-refractivity contribution in [3.8, 4) is 5.75 Å². The van der Waals surface area contributed by atoms with E-state index in [9.17, 15) is 0 Å². The van der Waals surface area contributed by atoms with Gasteiger partial charge < -0.3 is 10.1 Å². The number of aromatic nitrogens is 1. The van der Waals surface area contributed by atoms with Gasteiger partial charge in [0.05, 0.1) is 0 Å². The van der Waals surface area contributed by atoms with E-state index in [0.717, 1.165) is 25.3 Å². The van der Waals surface area contributed by atoms with Crippen LogP contribution in [0.5, 0.6) is 5.75 Å². The van der Waals surface area contributed by atoms with Crippen molar-refractivity contribution >= 4 is 10.8 Å². The summed E-state index contributed by atoms with van der Waals surface area (Å²) in [5, 5.41) is 5.79. The summed E-state index contributed by atoms with van der Waals surface area (Å²) in [6.45, 7) is 3.94. The zero-order valence-electron chi connectivity index (χ0n) is 9.94. The molecule has 0 fully saturated rings. The van der Waals surface area contributed by atoms with E-state index in [1.807, 2.05) is 18.5 Å². The summed E-state index contributed by atoms with van der Waals surface area (Å²) in [5.41, 5.74) is 1.22. The summed E-state index contributed by atoms with van der Waals surface area (Å²) in [5.74, 6) is 1.01. The fourth-order valence-electron chi connectivity index (χ4n) is 2.23. The second kappa shape index (κ2) is 4.34. The van der Waals surface area contributed by atoms with Crippen molar-refractivity contribution in [3.05, 3.63) is 36.2 Å². The molecule has 2 heterocycles. The van der Waals surface area contributed by atoms with E-state index in [2.05, 4.69) is 29.4 Å². The van der Waals surface area contributed by atoms with Gasteiger partial charge in [0.15, 0.2) is 0 Å². The van der Waals surface area contributed by atoms with Crippen molar-refractivity contribution in [1.82, 2.24) is 10.3 Å². The Morgan fingerprint density at radius 1 is 1.41 bits per heavy atom. The first kappa shape index (κ1) is 10.5. The van der Waals surface area contributed by atoms with Gasteiger partial charge in [-0.1, -0.05) is 6.92 Å². The normalized spacial score (nSPS) is 19.5. The number of nitrogens with zero attached hydrogens (tertiary/aromatic N) is 1. The van der Waals surface area contributed by atoms with E-state index in [0.29, 0.717) is 0 Å². The molecule has 2 aromatic rings.